The molecule has 7 heteroatoms. The summed E-state index contributed by atoms with van der Waals surface area (Å²) in [7, 11) is 0. The largest absolute Gasteiger partial charge is 0.480 e. The van der Waals surface area contributed by atoms with Gasteiger partial charge in [-0.1, -0.05) is 6.07 Å². The first kappa shape index (κ1) is 14.5. The molecule has 3 N–H and O–H groups in total. The number of hydrogen-bond donors (Lipinski definition) is 3. The van der Waals surface area contributed by atoms with Crippen LogP contribution < -0.4 is 10.6 Å². The predicted octanol–water partition coefficient (Wildman–Crippen LogP) is 1.37. The Morgan fingerprint density at radius 2 is 2.09 bits per heavy atom. The quantitative estimate of drug-likeness (QED) is 0.786. The van der Waals surface area contributed by atoms with Gasteiger partial charge in [0.15, 0.2) is 0 Å². The van der Waals surface area contributed by atoms with Crippen molar-refractivity contribution >= 4 is 23.5 Å². The second-order valence-corrected chi connectivity index (χ2v) is 5.77. The van der Waals surface area contributed by atoms with Gasteiger partial charge in [0, 0.05) is 12.1 Å². The van der Waals surface area contributed by atoms with E-state index >= 15 is 0 Å². The fraction of sp³-hybridized carbons (Fsp3) is 0.400. The fourth-order valence-electron chi connectivity index (χ4n) is 2.92. The summed E-state index contributed by atoms with van der Waals surface area (Å²) in [4.78, 5) is 35.5. The molecule has 1 unspecified atom stereocenters. The van der Waals surface area contributed by atoms with Gasteiger partial charge in [0.1, 0.15) is 11.4 Å². The van der Waals surface area contributed by atoms with Crippen LogP contribution >= 0.6 is 0 Å². The summed E-state index contributed by atoms with van der Waals surface area (Å²) in [5.74, 6) is -3.28. The van der Waals surface area contributed by atoms with Crippen LogP contribution in [0.15, 0.2) is 18.2 Å². The first-order chi connectivity index (χ1) is 10.4. The third kappa shape index (κ3) is 2.32. The Morgan fingerprint density at radius 3 is 2.68 bits per heavy atom. The van der Waals surface area contributed by atoms with Crippen LogP contribution in [0, 0.1) is 5.82 Å². The highest BCUT2D eigenvalue weighted by Crippen LogP contribution is 2.36. The van der Waals surface area contributed by atoms with Crippen molar-refractivity contribution in [3.05, 3.63) is 29.6 Å². The number of carboxylic acids is 1. The number of hydrogen-bond acceptors (Lipinski definition) is 3. The average Bonchev–Trinajstić information content (AvgIpc) is 2.40. The fourth-order valence-corrected chi connectivity index (χ4v) is 2.92. The Kier molecular flexibility index (Phi) is 3.35. The summed E-state index contributed by atoms with van der Waals surface area (Å²) in [6.45, 7) is 0. The van der Waals surface area contributed by atoms with Crippen molar-refractivity contribution < 1.29 is 23.9 Å². The third-order valence-corrected chi connectivity index (χ3v) is 4.35. The highest BCUT2D eigenvalue weighted by molar-refractivity contribution is 6.02. The Balaban J connectivity index is 1.87. The molecule has 0 bridgehead atoms. The van der Waals surface area contributed by atoms with Gasteiger partial charge >= 0.3 is 5.97 Å². The molecule has 1 atom stereocenters. The van der Waals surface area contributed by atoms with Gasteiger partial charge in [0.05, 0.1) is 5.92 Å². The number of halogens is 1. The normalized spacial score (nSPS) is 22.0. The van der Waals surface area contributed by atoms with E-state index in [9.17, 15) is 23.9 Å². The van der Waals surface area contributed by atoms with E-state index in [2.05, 4.69) is 10.6 Å². The number of benzene rings is 1. The van der Waals surface area contributed by atoms with Crippen LogP contribution in [0.1, 0.15) is 37.2 Å². The van der Waals surface area contributed by atoms with Crippen LogP contribution in [0.5, 0.6) is 0 Å². The molecule has 22 heavy (non-hydrogen) atoms. The SMILES string of the molecule is O=C1CC(C(=O)NC2(C(=O)O)CCC2)c2ccc(F)cc2N1. The summed E-state index contributed by atoms with van der Waals surface area (Å²) in [5.41, 5.74) is -0.474. The first-order valence-electron chi connectivity index (χ1n) is 7.06. The number of amides is 2. The van der Waals surface area contributed by atoms with E-state index in [1.165, 1.54) is 12.1 Å². The van der Waals surface area contributed by atoms with E-state index in [4.69, 9.17) is 0 Å². The lowest BCUT2D eigenvalue weighted by molar-refractivity contribution is -0.152. The smallest absolute Gasteiger partial charge is 0.329 e. The molecule has 0 radical (unpaired) electrons. The Bertz CT molecular complexity index is 670. The average molecular weight is 306 g/mol. The Hall–Kier alpha value is -2.44. The van der Waals surface area contributed by atoms with Crippen molar-refractivity contribution in [2.24, 2.45) is 0 Å². The molecule has 1 aliphatic carbocycles. The number of fused-ring (bicyclic) bond motifs is 1. The molecule has 2 aliphatic rings. The molecule has 0 spiro atoms. The minimum Gasteiger partial charge on any atom is -0.480 e. The minimum atomic E-state index is -1.23. The van der Waals surface area contributed by atoms with Crippen molar-refractivity contribution in [2.75, 3.05) is 5.32 Å². The third-order valence-electron chi connectivity index (χ3n) is 4.35. The molecule has 6 nitrogen and oxygen atoms in total. The Labute approximate surface area is 125 Å². The molecule has 0 aromatic heterocycles. The van der Waals surface area contributed by atoms with Crippen molar-refractivity contribution in [1.29, 1.82) is 0 Å². The highest BCUT2D eigenvalue weighted by Gasteiger charge is 2.47. The summed E-state index contributed by atoms with van der Waals surface area (Å²) in [6, 6.07) is 3.82. The van der Waals surface area contributed by atoms with Gasteiger partial charge in [-0.25, -0.2) is 9.18 Å². The number of nitrogens with one attached hydrogen (secondary N) is 2. The molecule has 0 saturated heterocycles. The number of rotatable bonds is 3. The van der Waals surface area contributed by atoms with Crippen LogP contribution in [-0.4, -0.2) is 28.4 Å². The van der Waals surface area contributed by atoms with Crippen molar-refractivity contribution in [1.82, 2.24) is 5.32 Å². The molecule has 1 aliphatic heterocycles. The lowest BCUT2D eigenvalue weighted by Gasteiger charge is -2.39. The van der Waals surface area contributed by atoms with Crippen molar-refractivity contribution in [2.45, 2.75) is 37.1 Å². The molecule has 116 valence electrons. The Morgan fingerprint density at radius 1 is 1.36 bits per heavy atom. The van der Waals surface area contributed by atoms with Gasteiger partial charge in [0.25, 0.3) is 0 Å². The van der Waals surface area contributed by atoms with Gasteiger partial charge in [-0.05, 0) is 37.0 Å². The maximum atomic E-state index is 13.3. The van der Waals surface area contributed by atoms with E-state index in [1.807, 2.05) is 0 Å². The molecule has 1 saturated carbocycles. The first-order valence-corrected chi connectivity index (χ1v) is 7.06. The lowest BCUT2D eigenvalue weighted by atomic mass is 9.76. The summed E-state index contributed by atoms with van der Waals surface area (Å²) >= 11 is 0. The van der Waals surface area contributed by atoms with Crippen LogP contribution in [0.25, 0.3) is 0 Å². The maximum absolute atomic E-state index is 13.3. The van der Waals surface area contributed by atoms with Crippen molar-refractivity contribution in [3.63, 3.8) is 0 Å². The topological polar surface area (TPSA) is 95.5 Å². The van der Waals surface area contributed by atoms with Gasteiger partial charge in [-0.3, -0.25) is 9.59 Å². The van der Waals surface area contributed by atoms with Gasteiger partial charge in [-0.15, -0.1) is 0 Å². The molecule has 1 aromatic carbocycles. The van der Waals surface area contributed by atoms with Gasteiger partial charge in [-0.2, -0.15) is 0 Å². The molecule has 2 amide bonds. The van der Waals surface area contributed by atoms with Crippen LogP contribution in [-0.2, 0) is 14.4 Å². The number of carbonyl (C=O) groups excluding carboxylic acids is 2. The zero-order chi connectivity index (χ0) is 15.9. The van der Waals surface area contributed by atoms with Crippen LogP contribution in [0.3, 0.4) is 0 Å². The van der Waals surface area contributed by atoms with E-state index in [1.54, 1.807) is 0 Å². The number of anilines is 1. The van der Waals surface area contributed by atoms with Gasteiger partial charge in [0.2, 0.25) is 11.8 Å². The van der Waals surface area contributed by atoms with E-state index in [0.717, 1.165) is 12.5 Å². The molecular weight excluding hydrogens is 291 g/mol. The molecule has 1 aromatic rings. The minimum absolute atomic E-state index is 0.0832. The van der Waals surface area contributed by atoms with E-state index in [-0.39, 0.29) is 12.1 Å². The maximum Gasteiger partial charge on any atom is 0.329 e. The van der Waals surface area contributed by atoms with E-state index < -0.39 is 35.1 Å². The molecular formula is C15H15FN2O4. The summed E-state index contributed by atoms with van der Waals surface area (Å²) in [5, 5.41) is 14.4. The zero-order valence-electron chi connectivity index (χ0n) is 11.7. The van der Waals surface area contributed by atoms with E-state index in [0.29, 0.717) is 18.4 Å². The highest BCUT2D eigenvalue weighted by atomic mass is 19.1. The van der Waals surface area contributed by atoms with Gasteiger partial charge < -0.3 is 15.7 Å². The second-order valence-electron chi connectivity index (χ2n) is 5.77. The number of aliphatic carboxylic acids is 1. The predicted molar refractivity (Wildman–Crippen MR) is 74.7 cm³/mol. The molecule has 3 rings (SSSR count). The standard InChI is InChI=1S/C15H15FN2O4/c16-8-2-3-9-10(7-12(19)17-11(9)6-8)13(20)18-15(14(21)22)4-1-5-15/h2-3,6,10H,1,4-5,7H2,(H,17,19)(H,18,20)(H,21,22). The monoisotopic (exact) mass is 306 g/mol. The van der Waals surface area contributed by atoms with Crippen LogP contribution in [0.4, 0.5) is 10.1 Å². The summed E-state index contributed by atoms with van der Waals surface area (Å²) < 4.78 is 13.3. The molecule has 1 heterocycles. The summed E-state index contributed by atoms with van der Waals surface area (Å²) in [6.07, 6.45) is 1.41. The van der Waals surface area contributed by atoms with Crippen molar-refractivity contribution in [3.8, 4) is 0 Å². The zero-order valence-corrected chi connectivity index (χ0v) is 11.7. The van der Waals surface area contributed by atoms with Crippen LogP contribution in [0.2, 0.25) is 0 Å². The second kappa shape index (κ2) is 5.08. The number of carboxylic acid groups (broad SMARTS) is 1. The lowest BCUT2D eigenvalue weighted by Crippen LogP contribution is -2.60. The number of carbonyl (C=O) groups is 3. The molecule has 1 fully saturated rings.